The third kappa shape index (κ3) is 1.75. The van der Waals surface area contributed by atoms with E-state index in [0.29, 0.717) is 5.56 Å². The van der Waals surface area contributed by atoms with Crippen molar-refractivity contribution in [2.75, 3.05) is 0 Å². The fourth-order valence-corrected chi connectivity index (χ4v) is 2.22. The lowest BCUT2D eigenvalue weighted by Gasteiger charge is -2.04. The number of hydrogen-bond donors (Lipinski definition) is 0. The number of rotatable bonds is 3. The molecule has 1 aromatic rings. The number of carbonyl (C=O) groups is 1. The normalized spacial score (nSPS) is 10.9. The third-order valence-corrected chi connectivity index (χ3v) is 3.68. The zero-order chi connectivity index (χ0) is 10.8. The van der Waals surface area contributed by atoms with Crippen LogP contribution in [0.1, 0.15) is 5.56 Å². The minimum Gasteiger partial charge on any atom is -0.297 e. The summed E-state index contributed by atoms with van der Waals surface area (Å²) in [4.78, 5) is 10.1. The molecule has 0 aliphatic heterocycles. The Bertz CT molecular complexity index is 472. The van der Waals surface area contributed by atoms with Crippen LogP contribution in [0, 0.1) is 6.92 Å². The molecular formula is C10H10O3S. The van der Waals surface area contributed by atoms with Gasteiger partial charge in [-0.2, -0.15) is 0 Å². The number of hydrogen-bond acceptors (Lipinski definition) is 3. The number of allylic oxidation sites excluding steroid dienone is 1. The minimum atomic E-state index is -3.68. The van der Waals surface area contributed by atoms with Gasteiger partial charge in [0.05, 0.1) is 4.90 Å². The fourth-order valence-electron chi connectivity index (χ4n) is 1.06. The van der Waals surface area contributed by atoms with Crippen molar-refractivity contribution in [1.82, 2.24) is 0 Å². The first-order valence-electron chi connectivity index (χ1n) is 3.95. The minimum absolute atomic E-state index is 0.136. The van der Waals surface area contributed by atoms with Crippen molar-refractivity contribution in [3.63, 3.8) is 0 Å². The van der Waals surface area contributed by atoms with Crippen LogP contribution in [0.4, 0.5) is 0 Å². The van der Waals surface area contributed by atoms with E-state index in [1.165, 1.54) is 6.07 Å². The summed E-state index contributed by atoms with van der Waals surface area (Å²) in [6.45, 7) is 4.88. The maximum Gasteiger partial charge on any atom is 0.209 e. The van der Waals surface area contributed by atoms with Crippen molar-refractivity contribution in [3.05, 3.63) is 41.3 Å². The molecule has 0 aromatic heterocycles. The van der Waals surface area contributed by atoms with Crippen LogP contribution in [0.5, 0.6) is 0 Å². The zero-order valence-electron chi connectivity index (χ0n) is 7.73. The second kappa shape index (κ2) is 3.75. The van der Waals surface area contributed by atoms with Gasteiger partial charge in [0.1, 0.15) is 4.91 Å². The topological polar surface area (TPSA) is 51.2 Å². The molecule has 0 radical (unpaired) electrons. The molecule has 0 heterocycles. The molecule has 0 unspecified atom stereocenters. The van der Waals surface area contributed by atoms with Crippen LogP contribution in [0.3, 0.4) is 0 Å². The van der Waals surface area contributed by atoms with Crippen molar-refractivity contribution in [3.8, 4) is 0 Å². The molecular weight excluding hydrogens is 200 g/mol. The molecule has 0 spiro atoms. The van der Waals surface area contributed by atoms with Gasteiger partial charge in [0, 0.05) is 0 Å². The Labute approximate surface area is 83.0 Å². The third-order valence-electron chi connectivity index (χ3n) is 1.86. The van der Waals surface area contributed by atoms with E-state index in [4.69, 9.17) is 0 Å². The highest BCUT2D eigenvalue weighted by Crippen LogP contribution is 2.19. The first-order chi connectivity index (χ1) is 6.50. The van der Waals surface area contributed by atoms with Crippen molar-refractivity contribution in [1.29, 1.82) is 0 Å². The summed E-state index contributed by atoms with van der Waals surface area (Å²) in [5.41, 5.74) is 0.607. The van der Waals surface area contributed by atoms with Gasteiger partial charge in [-0.1, -0.05) is 24.8 Å². The molecule has 74 valence electrons. The van der Waals surface area contributed by atoms with Crippen LogP contribution in [0.25, 0.3) is 0 Å². The molecule has 0 bridgehead atoms. The summed E-state index contributed by atoms with van der Waals surface area (Å²) in [5.74, 6) is 0. The predicted molar refractivity (Wildman–Crippen MR) is 53.6 cm³/mol. The van der Waals surface area contributed by atoms with Crippen molar-refractivity contribution >= 4 is 16.1 Å². The van der Waals surface area contributed by atoms with E-state index in [2.05, 4.69) is 6.58 Å². The van der Waals surface area contributed by atoms with Gasteiger partial charge < -0.3 is 0 Å². The second-order valence-electron chi connectivity index (χ2n) is 2.85. The number of sulfone groups is 1. The second-order valence-corrected chi connectivity index (χ2v) is 4.82. The number of carbonyl (C=O) groups excluding carboxylic acids is 1. The Balaban J connectivity index is 3.38. The number of benzene rings is 1. The van der Waals surface area contributed by atoms with Gasteiger partial charge >= 0.3 is 0 Å². The van der Waals surface area contributed by atoms with E-state index in [9.17, 15) is 13.2 Å². The highest BCUT2D eigenvalue weighted by molar-refractivity contribution is 7.96. The molecule has 0 amide bonds. The summed E-state index contributed by atoms with van der Waals surface area (Å²) in [6.07, 6.45) is 0.252. The Morgan fingerprint density at radius 1 is 1.36 bits per heavy atom. The molecule has 3 nitrogen and oxygen atoms in total. The molecule has 1 aromatic carbocycles. The van der Waals surface area contributed by atoms with Crippen LogP contribution >= 0.6 is 0 Å². The van der Waals surface area contributed by atoms with Gasteiger partial charge in [-0.25, -0.2) is 8.42 Å². The van der Waals surface area contributed by atoms with Crippen LogP contribution in [0.15, 0.2) is 40.6 Å². The van der Waals surface area contributed by atoms with Crippen LogP contribution in [-0.2, 0) is 14.6 Å². The Kier molecular flexibility index (Phi) is 2.86. The summed E-state index contributed by atoms with van der Waals surface area (Å²) < 4.78 is 23.3. The first-order valence-corrected chi connectivity index (χ1v) is 5.43. The van der Waals surface area contributed by atoms with Crippen molar-refractivity contribution in [2.45, 2.75) is 11.8 Å². The Morgan fingerprint density at radius 2 is 1.93 bits per heavy atom. The smallest absolute Gasteiger partial charge is 0.209 e. The summed E-state index contributed by atoms with van der Waals surface area (Å²) in [7, 11) is -3.68. The lowest BCUT2D eigenvalue weighted by molar-refractivity contribution is -0.104. The largest absolute Gasteiger partial charge is 0.297 e. The summed E-state index contributed by atoms with van der Waals surface area (Å²) >= 11 is 0. The number of aryl methyl sites for hydroxylation is 1. The molecule has 0 N–H and O–H groups in total. The molecule has 0 atom stereocenters. The molecule has 0 aliphatic rings. The van der Waals surface area contributed by atoms with Crippen LogP contribution in [0.2, 0.25) is 0 Å². The molecule has 0 fully saturated rings. The zero-order valence-corrected chi connectivity index (χ0v) is 8.54. The van der Waals surface area contributed by atoms with Crippen LogP contribution < -0.4 is 0 Å². The molecule has 0 saturated heterocycles. The van der Waals surface area contributed by atoms with Crippen molar-refractivity contribution < 1.29 is 13.2 Å². The number of aldehydes is 1. The Morgan fingerprint density at radius 3 is 2.43 bits per heavy atom. The SMILES string of the molecule is C=C(C=O)S(=O)(=O)c1ccccc1C. The lowest BCUT2D eigenvalue weighted by Crippen LogP contribution is -2.06. The fraction of sp³-hybridized carbons (Fsp3) is 0.100. The van der Waals surface area contributed by atoms with E-state index in [0.717, 1.165) is 0 Å². The van der Waals surface area contributed by atoms with E-state index < -0.39 is 14.7 Å². The van der Waals surface area contributed by atoms with Gasteiger partial charge in [-0.3, -0.25) is 4.79 Å². The highest BCUT2D eigenvalue weighted by Gasteiger charge is 2.19. The van der Waals surface area contributed by atoms with Crippen LogP contribution in [-0.4, -0.2) is 14.7 Å². The van der Waals surface area contributed by atoms with Crippen molar-refractivity contribution in [2.24, 2.45) is 0 Å². The predicted octanol–water partition coefficient (Wildman–Crippen LogP) is 1.48. The van der Waals surface area contributed by atoms with Gasteiger partial charge in [-0.15, -0.1) is 0 Å². The van der Waals surface area contributed by atoms with E-state index in [1.807, 2.05) is 0 Å². The molecule has 0 saturated carbocycles. The van der Waals surface area contributed by atoms with E-state index in [-0.39, 0.29) is 11.2 Å². The van der Waals surface area contributed by atoms with Gasteiger partial charge in [0.15, 0.2) is 6.29 Å². The first kappa shape index (κ1) is 10.7. The highest BCUT2D eigenvalue weighted by atomic mass is 32.2. The molecule has 0 aliphatic carbocycles. The maximum atomic E-state index is 11.7. The molecule has 14 heavy (non-hydrogen) atoms. The van der Waals surface area contributed by atoms with Gasteiger partial charge in [0.2, 0.25) is 9.84 Å². The average Bonchev–Trinajstić information content (AvgIpc) is 2.17. The standard InChI is InChI=1S/C10H10O3S/c1-8-5-3-4-6-10(8)14(12,13)9(2)7-11/h3-7H,2H2,1H3. The van der Waals surface area contributed by atoms with E-state index in [1.54, 1.807) is 25.1 Å². The summed E-state index contributed by atoms with van der Waals surface area (Å²) in [6, 6.07) is 6.47. The van der Waals surface area contributed by atoms with Gasteiger partial charge in [0.25, 0.3) is 0 Å². The monoisotopic (exact) mass is 210 g/mol. The van der Waals surface area contributed by atoms with E-state index >= 15 is 0 Å². The van der Waals surface area contributed by atoms with Gasteiger partial charge in [-0.05, 0) is 18.6 Å². The lowest BCUT2D eigenvalue weighted by atomic mass is 10.2. The average molecular weight is 210 g/mol. The maximum absolute atomic E-state index is 11.7. The summed E-state index contributed by atoms with van der Waals surface area (Å²) in [5, 5.41) is 0. The molecule has 1 rings (SSSR count). The molecule has 4 heteroatoms. The Hall–Kier alpha value is -1.42. The quantitative estimate of drug-likeness (QED) is 0.561.